The van der Waals surface area contributed by atoms with E-state index in [0.717, 1.165) is 6.21 Å². The van der Waals surface area contributed by atoms with Crippen LogP contribution in [0.25, 0.3) is 0 Å². The molecule has 0 aliphatic heterocycles. The van der Waals surface area contributed by atoms with E-state index in [9.17, 15) is 4.39 Å². The smallest absolute Gasteiger partial charge is 0.148 e. The highest BCUT2D eigenvalue weighted by Crippen LogP contribution is 2.23. The van der Waals surface area contributed by atoms with Crippen molar-refractivity contribution in [2.45, 2.75) is 0 Å². The van der Waals surface area contributed by atoms with Gasteiger partial charge in [0.1, 0.15) is 5.82 Å². The van der Waals surface area contributed by atoms with Crippen LogP contribution < -0.4 is 5.32 Å². The Morgan fingerprint density at radius 1 is 1.58 bits per heavy atom. The van der Waals surface area contributed by atoms with Crippen LogP contribution in [0, 0.1) is 11.2 Å². The molecule has 4 heteroatoms. The van der Waals surface area contributed by atoms with Gasteiger partial charge in [-0.1, -0.05) is 15.9 Å². The van der Waals surface area contributed by atoms with Gasteiger partial charge in [0.05, 0.1) is 5.69 Å². The standard InChI is InChI=1S/C8H8BrFN2/c1-12-8-5(4-11)2-6(9)3-7(8)10/h2-4,11-12H,1H3. The van der Waals surface area contributed by atoms with Crippen LogP contribution in [0.2, 0.25) is 0 Å². The molecule has 1 aromatic carbocycles. The molecule has 0 atom stereocenters. The fourth-order valence-corrected chi connectivity index (χ4v) is 1.42. The Balaban J connectivity index is 3.33. The Morgan fingerprint density at radius 3 is 2.75 bits per heavy atom. The quantitative estimate of drug-likeness (QED) is 0.754. The van der Waals surface area contributed by atoms with Crippen molar-refractivity contribution in [3.63, 3.8) is 0 Å². The predicted molar refractivity (Wildman–Crippen MR) is 51.5 cm³/mol. The second-order valence-electron chi connectivity index (χ2n) is 2.25. The zero-order valence-electron chi connectivity index (χ0n) is 6.49. The molecule has 0 radical (unpaired) electrons. The molecule has 0 bridgehead atoms. The Morgan fingerprint density at radius 2 is 2.25 bits per heavy atom. The first-order valence-corrected chi connectivity index (χ1v) is 4.15. The van der Waals surface area contributed by atoms with Crippen molar-refractivity contribution in [2.75, 3.05) is 12.4 Å². The fraction of sp³-hybridized carbons (Fsp3) is 0.125. The second-order valence-corrected chi connectivity index (χ2v) is 3.16. The maximum atomic E-state index is 13.1. The minimum absolute atomic E-state index is 0.355. The van der Waals surface area contributed by atoms with E-state index in [2.05, 4.69) is 21.2 Å². The lowest BCUT2D eigenvalue weighted by atomic mass is 10.2. The molecule has 64 valence electrons. The maximum Gasteiger partial charge on any atom is 0.148 e. The molecule has 2 N–H and O–H groups in total. The third-order valence-electron chi connectivity index (χ3n) is 1.49. The van der Waals surface area contributed by atoms with E-state index >= 15 is 0 Å². The van der Waals surface area contributed by atoms with Crippen LogP contribution in [-0.2, 0) is 0 Å². The monoisotopic (exact) mass is 230 g/mol. The van der Waals surface area contributed by atoms with E-state index in [1.807, 2.05) is 0 Å². The third kappa shape index (κ3) is 1.64. The van der Waals surface area contributed by atoms with Gasteiger partial charge in [-0.25, -0.2) is 4.39 Å². The zero-order chi connectivity index (χ0) is 9.14. The first-order valence-electron chi connectivity index (χ1n) is 3.36. The van der Waals surface area contributed by atoms with Gasteiger partial charge in [-0.3, -0.25) is 0 Å². The summed E-state index contributed by atoms with van der Waals surface area (Å²) in [7, 11) is 1.62. The number of halogens is 2. The lowest BCUT2D eigenvalue weighted by Crippen LogP contribution is -1.97. The van der Waals surface area contributed by atoms with Crippen LogP contribution in [-0.4, -0.2) is 13.3 Å². The van der Waals surface area contributed by atoms with Crippen molar-refractivity contribution >= 4 is 27.8 Å². The normalized spacial score (nSPS) is 9.58. The summed E-state index contributed by atoms with van der Waals surface area (Å²) in [6.07, 6.45) is 1.11. The Bertz CT molecular complexity index is 312. The number of rotatable bonds is 2. The van der Waals surface area contributed by atoms with Gasteiger partial charge < -0.3 is 10.7 Å². The molecule has 12 heavy (non-hydrogen) atoms. The highest BCUT2D eigenvalue weighted by Gasteiger charge is 2.05. The number of nitrogens with one attached hydrogen (secondary N) is 2. The Labute approximate surface area is 78.4 Å². The lowest BCUT2D eigenvalue weighted by molar-refractivity contribution is 0.630. The summed E-state index contributed by atoms with van der Waals surface area (Å²) in [6, 6.07) is 3.04. The van der Waals surface area contributed by atoms with Crippen molar-refractivity contribution in [3.8, 4) is 0 Å². The molecule has 1 aromatic rings. The molecule has 0 aliphatic carbocycles. The summed E-state index contributed by atoms with van der Waals surface area (Å²) in [6.45, 7) is 0. The summed E-state index contributed by atoms with van der Waals surface area (Å²) in [4.78, 5) is 0. The average Bonchev–Trinajstić information content (AvgIpc) is 2.03. The molecule has 0 unspecified atom stereocenters. The molecule has 0 aromatic heterocycles. The highest BCUT2D eigenvalue weighted by molar-refractivity contribution is 9.10. The largest absolute Gasteiger partial charge is 0.385 e. The van der Waals surface area contributed by atoms with Crippen LogP contribution in [0.5, 0.6) is 0 Å². The van der Waals surface area contributed by atoms with Crippen molar-refractivity contribution in [1.29, 1.82) is 5.41 Å². The lowest BCUT2D eigenvalue weighted by Gasteiger charge is -2.06. The van der Waals surface area contributed by atoms with Gasteiger partial charge in [-0.2, -0.15) is 0 Å². The first kappa shape index (κ1) is 9.19. The molecule has 1 rings (SSSR count). The molecule has 0 saturated heterocycles. The van der Waals surface area contributed by atoms with Crippen molar-refractivity contribution in [3.05, 3.63) is 28.0 Å². The summed E-state index contributed by atoms with van der Waals surface area (Å²) in [5, 5.41) is 9.72. The van der Waals surface area contributed by atoms with Crippen LogP contribution in [0.15, 0.2) is 16.6 Å². The molecule has 0 amide bonds. The van der Waals surface area contributed by atoms with Crippen LogP contribution in [0.4, 0.5) is 10.1 Å². The summed E-state index contributed by atoms with van der Waals surface area (Å²) in [5.74, 6) is -0.356. The minimum atomic E-state index is -0.356. The van der Waals surface area contributed by atoms with Gasteiger partial charge in [-0.15, -0.1) is 0 Å². The molecule has 0 spiro atoms. The van der Waals surface area contributed by atoms with Gasteiger partial charge in [0.15, 0.2) is 0 Å². The summed E-state index contributed by atoms with van der Waals surface area (Å²) in [5.41, 5.74) is 0.887. The predicted octanol–water partition coefficient (Wildman–Crippen LogP) is 2.63. The van der Waals surface area contributed by atoms with E-state index in [1.165, 1.54) is 6.07 Å². The second kappa shape index (κ2) is 3.67. The number of anilines is 1. The number of hydrogen-bond donors (Lipinski definition) is 2. The molecule has 0 saturated carbocycles. The minimum Gasteiger partial charge on any atom is -0.385 e. The zero-order valence-corrected chi connectivity index (χ0v) is 8.07. The summed E-state index contributed by atoms with van der Waals surface area (Å²) < 4.78 is 13.7. The Hall–Kier alpha value is -0.900. The van der Waals surface area contributed by atoms with E-state index in [-0.39, 0.29) is 5.82 Å². The van der Waals surface area contributed by atoms with E-state index < -0.39 is 0 Å². The van der Waals surface area contributed by atoms with Crippen LogP contribution in [0.3, 0.4) is 0 Å². The van der Waals surface area contributed by atoms with E-state index in [1.54, 1.807) is 13.1 Å². The topological polar surface area (TPSA) is 35.9 Å². The van der Waals surface area contributed by atoms with Crippen LogP contribution in [0.1, 0.15) is 5.56 Å². The van der Waals surface area contributed by atoms with Gasteiger partial charge in [0, 0.05) is 23.3 Å². The molecule has 0 heterocycles. The average molecular weight is 231 g/mol. The number of benzene rings is 1. The molecule has 0 fully saturated rings. The van der Waals surface area contributed by atoms with Gasteiger partial charge >= 0.3 is 0 Å². The summed E-state index contributed by atoms with van der Waals surface area (Å²) >= 11 is 3.15. The fourth-order valence-electron chi connectivity index (χ4n) is 0.971. The molecule has 0 aliphatic rings. The van der Waals surface area contributed by atoms with Gasteiger partial charge in [0.25, 0.3) is 0 Å². The van der Waals surface area contributed by atoms with E-state index in [0.29, 0.717) is 15.7 Å². The SMILES string of the molecule is CNc1c(F)cc(Br)cc1C=N. The Kier molecular flexibility index (Phi) is 2.81. The number of hydrogen-bond acceptors (Lipinski definition) is 2. The molecular weight excluding hydrogens is 223 g/mol. The van der Waals surface area contributed by atoms with Gasteiger partial charge in [-0.05, 0) is 12.1 Å². The first-order chi connectivity index (χ1) is 5.69. The van der Waals surface area contributed by atoms with Gasteiger partial charge in [0.2, 0.25) is 0 Å². The maximum absolute atomic E-state index is 13.1. The van der Waals surface area contributed by atoms with Crippen molar-refractivity contribution in [2.24, 2.45) is 0 Å². The van der Waals surface area contributed by atoms with Crippen molar-refractivity contribution in [1.82, 2.24) is 0 Å². The van der Waals surface area contributed by atoms with Crippen LogP contribution >= 0.6 is 15.9 Å². The highest BCUT2D eigenvalue weighted by atomic mass is 79.9. The molecular formula is C8H8BrFN2. The molecule has 2 nitrogen and oxygen atoms in total. The van der Waals surface area contributed by atoms with E-state index in [4.69, 9.17) is 5.41 Å². The third-order valence-corrected chi connectivity index (χ3v) is 1.95. The van der Waals surface area contributed by atoms with Crippen molar-refractivity contribution < 1.29 is 4.39 Å².